The van der Waals surface area contributed by atoms with Gasteiger partial charge in [0.1, 0.15) is 6.10 Å². The predicted molar refractivity (Wildman–Crippen MR) is 155 cm³/mol. The van der Waals surface area contributed by atoms with E-state index in [1.807, 2.05) is 80.1 Å². The summed E-state index contributed by atoms with van der Waals surface area (Å²) in [6, 6.07) is 18.0. The van der Waals surface area contributed by atoms with Gasteiger partial charge < -0.3 is 9.47 Å². The first-order chi connectivity index (χ1) is 18.3. The monoisotopic (exact) mass is 565 g/mol. The molecule has 8 heteroatoms. The van der Waals surface area contributed by atoms with E-state index in [2.05, 4.69) is 5.32 Å². The highest BCUT2D eigenvalue weighted by Crippen LogP contribution is 2.49. The molecule has 1 amide bonds. The SMILES string of the molecule is CCOC(=O)C1(c2ccc(-c3ccc(-c4sc(Cl)cc4NC(=O)O[C@H](C)c4cscc4C)cc3)cc2)CC1. The topological polar surface area (TPSA) is 64.6 Å². The number of carbonyl (C=O) groups excluding carboxylic acids is 2. The molecule has 0 aliphatic heterocycles. The molecule has 1 aliphatic rings. The van der Waals surface area contributed by atoms with E-state index in [-0.39, 0.29) is 12.1 Å². The quantitative estimate of drug-likeness (QED) is 0.216. The van der Waals surface area contributed by atoms with Crippen molar-refractivity contribution in [2.24, 2.45) is 0 Å². The molecule has 5 nitrogen and oxygen atoms in total. The molecule has 5 rings (SSSR count). The summed E-state index contributed by atoms with van der Waals surface area (Å²) < 4.78 is 11.5. The first-order valence-electron chi connectivity index (χ1n) is 12.5. The van der Waals surface area contributed by atoms with Crippen LogP contribution in [0.1, 0.15) is 49.5 Å². The van der Waals surface area contributed by atoms with Gasteiger partial charge in [0.05, 0.1) is 26.9 Å². The zero-order valence-electron chi connectivity index (χ0n) is 21.4. The molecule has 196 valence electrons. The van der Waals surface area contributed by atoms with Crippen molar-refractivity contribution < 1.29 is 19.1 Å². The normalized spacial score (nSPS) is 14.5. The van der Waals surface area contributed by atoms with Crippen molar-refractivity contribution in [2.75, 3.05) is 11.9 Å². The number of hydrogen-bond donors (Lipinski definition) is 1. The van der Waals surface area contributed by atoms with Crippen LogP contribution in [0, 0.1) is 6.92 Å². The highest BCUT2D eigenvalue weighted by molar-refractivity contribution is 7.20. The summed E-state index contributed by atoms with van der Waals surface area (Å²) in [7, 11) is 0. The van der Waals surface area contributed by atoms with E-state index in [1.165, 1.54) is 11.3 Å². The molecular weight excluding hydrogens is 538 g/mol. The van der Waals surface area contributed by atoms with Gasteiger partial charge in [0.15, 0.2) is 0 Å². The average Bonchev–Trinajstić information content (AvgIpc) is 3.48. The average molecular weight is 566 g/mol. The third-order valence-corrected chi connectivity index (χ3v) is 9.08. The largest absolute Gasteiger partial charge is 0.465 e. The zero-order valence-corrected chi connectivity index (χ0v) is 23.8. The fourth-order valence-corrected chi connectivity index (χ4v) is 6.74. The lowest BCUT2D eigenvalue weighted by atomic mass is 9.93. The molecule has 0 unspecified atom stereocenters. The van der Waals surface area contributed by atoms with Crippen LogP contribution in [-0.2, 0) is 19.7 Å². The van der Waals surface area contributed by atoms with Gasteiger partial charge in [-0.25, -0.2) is 4.79 Å². The Morgan fingerprint density at radius 1 is 1.03 bits per heavy atom. The minimum absolute atomic E-state index is 0.129. The third-order valence-electron chi connectivity index (χ3n) is 6.89. The number of ether oxygens (including phenoxy) is 2. The van der Waals surface area contributed by atoms with Crippen molar-refractivity contribution in [1.29, 1.82) is 0 Å². The molecule has 1 saturated carbocycles. The Morgan fingerprint density at radius 2 is 1.66 bits per heavy atom. The molecule has 1 aliphatic carbocycles. The molecule has 2 heterocycles. The highest BCUT2D eigenvalue weighted by atomic mass is 35.5. The fraction of sp³-hybridized carbons (Fsp3) is 0.267. The molecule has 2 aromatic heterocycles. The molecule has 1 atom stereocenters. The van der Waals surface area contributed by atoms with Crippen LogP contribution in [0.5, 0.6) is 0 Å². The van der Waals surface area contributed by atoms with Crippen LogP contribution >= 0.6 is 34.3 Å². The lowest BCUT2D eigenvalue weighted by molar-refractivity contribution is -0.146. The molecule has 4 aromatic rings. The summed E-state index contributed by atoms with van der Waals surface area (Å²) in [5.41, 5.74) is 6.32. The maximum atomic E-state index is 12.6. The summed E-state index contributed by atoms with van der Waals surface area (Å²) in [6.07, 6.45) is 0.794. The summed E-state index contributed by atoms with van der Waals surface area (Å²) in [5.74, 6) is -0.129. The maximum absolute atomic E-state index is 12.6. The molecular formula is C30H28ClNO4S2. The second-order valence-electron chi connectivity index (χ2n) is 9.43. The number of anilines is 1. The van der Waals surface area contributed by atoms with E-state index in [4.69, 9.17) is 21.1 Å². The van der Waals surface area contributed by atoms with E-state index in [1.54, 1.807) is 17.4 Å². The zero-order chi connectivity index (χ0) is 26.9. The maximum Gasteiger partial charge on any atom is 0.412 e. The second kappa shape index (κ2) is 10.9. The van der Waals surface area contributed by atoms with Gasteiger partial charge in [0.25, 0.3) is 0 Å². The van der Waals surface area contributed by atoms with Crippen LogP contribution < -0.4 is 5.32 Å². The Bertz CT molecular complexity index is 1450. The number of esters is 1. The van der Waals surface area contributed by atoms with Gasteiger partial charge in [-0.2, -0.15) is 11.3 Å². The summed E-state index contributed by atoms with van der Waals surface area (Å²) in [5, 5.41) is 6.90. The minimum atomic E-state index is -0.522. The van der Waals surface area contributed by atoms with E-state index in [0.717, 1.165) is 51.1 Å². The van der Waals surface area contributed by atoms with E-state index in [9.17, 15) is 9.59 Å². The molecule has 0 bridgehead atoms. The second-order valence-corrected chi connectivity index (χ2v) is 11.9. The number of thiophene rings is 2. The summed E-state index contributed by atoms with van der Waals surface area (Å²) in [6.45, 7) is 6.10. The Kier molecular flexibility index (Phi) is 7.61. The molecule has 38 heavy (non-hydrogen) atoms. The Balaban J connectivity index is 1.29. The van der Waals surface area contributed by atoms with Gasteiger partial charge in [0.2, 0.25) is 0 Å². The summed E-state index contributed by atoms with van der Waals surface area (Å²) >= 11 is 9.32. The van der Waals surface area contributed by atoms with Gasteiger partial charge in [0, 0.05) is 5.56 Å². The molecule has 0 saturated heterocycles. The van der Waals surface area contributed by atoms with Crippen LogP contribution in [0.2, 0.25) is 4.34 Å². The van der Waals surface area contributed by atoms with Crippen LogP contribution in [0.25, 0.3) is 21.6 Å². The van der Waals surface area contributed by atoms with Crippen LogP contribution in [0.4, 0.5) is 10.5 Å². The number of halogens is 1. The van der Waals surface area contributed by atoms with Crippen LogP contribution in [-0.4, -0.2) is 18.7 Å². The van der Waals surface area contributed by atoms with E-state index in [0.29, 0.717) is 16.6 Å². The van der Waals surface area contributed by atoms with Gasteiger partial charge >= 0.3 is 12.1 Å². The number of amides is 1. The smallest absolute Gasteiger partial charge is 0.412 e. The lowest BCUT2D eigenvalue weighted by Gasteiger charge is -2.15. The van der Waals surface area contributed by atoms with Crippen LogP contribution in [0.3, 0.4) is 0 Å². The van der Waals surface area contributed by atoms with Gasteiger partial charge in [-0.1, -0.05) is 60.1 Å². The lowest BCUT2D eigenvalue weighted by Crippen LogP contribution is -2.23. The number of rotatable bonds is 8. The predicted octanol–water partition coefficient (Wildman–Crippen LogP) is 9.01. The van der Waals surface area contributed by atoms with Gasteiger partial charge in [-0.3, -0.25) is 10.1 Å². The Hall–Kier alpha value is -3.13. The molecule has 2 aromatic carbocycles. The van der Waals surface area contributed by atoms with Crippen molar-refractivity contribution >= 4 is 52.0 Å². The number of nitrogens with one attached hydrogen (secondary N) is 1. The summed E-state index contributed by atoms with van der Waals surface area (Å²) in [4.78, 5) is 25.9. The van der Waals surface area contributed by atoms with E-state index < -0.39 is 11.5 Å². The van der Waals surface area contributed by atoms with Crippen molar-refractivity contribution in [3.8, 4) is 21.6 Å². The Labute approximate surface area is 235 Å². The van der Waals surface area contributed by atoms with Crippen molar-refractivity contribution in [3.05, 3.63) is 86.4 Å². The fourth-order valence-electron chi connectivity index (χ4n) is 4.62. The first-order valence-corrected chi connectivity index (χ1v) is 14.6. The van der Waals surface area contributed by atoms with E-state index >= 15 is 0 Å². The minimum Gasteiger partial charge on any atom is -0.465 e. The van der Waals surface area contributed by atoms with Crippen molar-refractivity contribution in [2.45, 2.75) is 45.1 Å². The van der Waals surface area contributed by atoms with Crippen LogP contribution in [0.15, 0.2) is 65.4 Å². The number of carbonyl (C=O) groups is 2. The van der Waals surface area contributed by atoms with Gasteiger partial charge in [-0.15, -0.1) is 11.3 Å². The van der Waals surface area contributed by atoms with Crippen molar-refractivity contribution in [3.63, 3.8) is 0 Å². The molecule has 0 spiro atoms. The van der Waals surface area contributed by atoms with Gasteiger partial charge in [-0.05, 0) is 78.3 Å². The third kappa shape index (κ3) is 5.37. The molecule has 1 N–H and O–H groups in total. The molecule has 1 fully saturated rings. The number of benzene rings is 2. The first kappa shape index (κ1) is 26.5. The molecule has 0 radical (unpaired) electrons. The number of aryl methyl sites for hydroxylation is 1. The number of hydrogen-bond acceptors (Lipinski definition) is 6. The standard InChI is InChI=1S/C30H28ClNO4S2/c1-4-35-28(33)30(13-14-30)23-11-9-21(10-12-23)20-5-7-22(8-6-20)27-25(15-26(31)38-27)32-29(34)36-19(3)24-17-37-16-18(24)2/h5-12,15-17,19H,4,13-14H2,1-3H3,(H,32,34)/t19-/m1/s1. The van der Waals surface area contributed by atoms with Crippen molar-refractivity contribution in [1.82, 2.24) is 0 Å². The Morgan fingerprint density at radius 3 is 2.24 bits per heavy atom. The highest BCUT2D eigenvalue weighted by Gasteiger charge is 2.52.